The predicted octanol–water partition coefficient (Wildman–Crippen LogP) is 4.03. The zero-order valence-corrected chi connectivity index (χ0v) is 11.1. The van der Waals surface area contributed by atoms with E-state index in [0.29, 0.717) is 0 Å². The van der Waals surface area contributed by atoms with E-state index in [2.05, 4.69) is 5.73 Å². The lowest BCUT2D eigenvalue weighted by molar-refractivity contribution is 0.414. The number of hydrogen-bond acceptors (Lipinski definition) is 2. The van der Waals surface area contributed by atoms with E-state index in [1.807, 2.05) is 60.7 Å². The number of rotatable bonds is 4. The van der Waals surface area contributed by atoms with E-state index in [-0.39, 0.29) is 0 Å². The third kappa shape index (κ3) is 3.27. The molecule has 0 heterocycles. The Kier molecular flexibility index (Phi) is 4.44. The van der Waals surface area contributed by atoms with Crippen LogP contribution in [0.25, 0.3) is 12.2 Å². The van der Waals surface area contributed by atoms with Gasteiger partial charge in [-0.05, 0) is 24.3 Å². The second-order valence-electron chi connectivity index (χ2n) is 3.94. The van der Waals surface area contributed by atoms with Crippen LogP contribution in [-0.2, 0) is 0 Å². The van der Waals surface area contributed by atoms with Crippen LogP contribution in [0.1, 0.15) is 11.1 Å². The number of ether oxygens (including phenoxy) is 2. The van der Waals surface area contributed by atoms with Crippen molar-refractivity contribution in [3.8, 4) is 11.5 Å². The van der Waals surface area contributed by atoms with Gasteiger partial charge in [0.25, 0.3) is 0 Å². The minimum Gasteiger partial charge on any atom is -0.496 e. The molecule has 0 bridgehead atoms. The van der Waals surface area contributed by atoms with E-state index in [9.17, 15) is 0 Å². The summed E-state index contributed by atoms with van der Waals surface area (Å²) >= 11 is 0. The molecule has 0 N–H and O–H groups in total. The molecule has 0 amide bonds. The molecule has 0 aromatic heterocycles. The van der Waals surface area contributed by atoms with E-state index in [0.717, 1.165) is 22.6 Å². The number of benzene rings is 2. The first-order chi connectivity index (χ1) is 9.35. The van der Waals surface area contributed by atoms with Crippen molar-refractivity contribution in [3.63, 3.8) is 0 Å². The van der Waals surface area contributed by atoms with Crippen LogP contribution in [0, 0.1) is 0 Å². The maximum atomic E-state index is 5.28. The van der Waals surface area contributed by atoms with Crippen molar-refractivity contribution >= 4 is 12.2 Å². The van der Waals surface area contributed by atoms with E-state index in [1.54, 1.807) is 14.2 Å². The lowest BCUT2D eigenvalue weighted by Crippen LogP contribution is -1.85. The van der Waals surface area contributed by atoms with Gasteiger partial charge >= 0.3 is 0 Å². The number of hydrogen-bond donors (Lipinski definition) is 0. The highest BCUT2D eigenvalue weighted by atomic mass is 16.5. The molecule has 2 heteroatoms. The van der Waals surface area contributed by atoms with Crippen molar-refractivity contribution < 1.29 is 9.47 Å². The number of para-hydroxylation sites is 2. The lowest BCUT2D eigenvalue weighted by atomic mass is 10.1. The highest BCUT2D eigenvalue weighted by molar-refractivity contribution is 5.64. The van der Waals surface area contributed by atoms with Gasteiger partial charge in [-0.15, -0.1) is 5.73 Å². The van der Waals surface area contributed by atoms with Crippen LogP contribution >= 0.6 is 0 Å². The van der Waals surface area contributed by atoms with Crippen molar-refractivity contribution in [2.45, 2.75) is 0 Å². The number of methoxy groups -OCH3 is 2. The predicted molar refractivity (Wildman–Crippen MR) is 78.4 cm³/mol. The summed E-state index contributed by atoms with van der Waals surface area (Å²) in [5.74, 6) is 1.67. The second kappa shape index (κ2) is 6.48. The molecule has 0 aliphatic heterocycles. The fraction of sp³-hybridized carbons (Fsp3) is 0.118. The van der Waals surface area contributed by atoms with Crippen LogP contribution in [-0.4, -0.2) is 14.2 Å². The summed E-state index contributed by atoms with van der Waals surface area (Å²) in [7, 11) is 3.33. The zero-order chi connectivity index (χ0) is 13.5. The average molecular weight is 252 g/mol. The summed E-state index contributed by atoms with van der Waals surface area (Å²) in [6, 6.07) is 15.7. The van der Waals surface area contributed by atoms with Crippen LogP contribution < -0.4 is 9.47 Å². The summed E-state index contributed by atoms with van der Waals surface area (Å²) in [4.78, 5) is 0. The molecular formula is C17H16O2. The molecule has 0 saturated carbocycles. The third-order valence-electron chi connectivity index (χ3n) is 2.76. The van der Waals surface area contributed by atoms with Gasteiger partial charge in [0.1, 0.15) is 11.5 Å². The molecule has 19 heavy (non-hydrogen) atoms. The summed E-state index contributed by atoms with van der Waals surface area (Å²) in [6.07, 6.45) is 3.79. The Balaban J connectivity index is 2.29. The van der Waals surface area contributed by atoms with Crippen LogP contribution in [0.4, 0.5) is 0 Å². The van der Waals surface area contributed by atoms with Gasteiger partial charge in [0.05, 0.1) is 14.2 Å². The maximum absolute atomic E-state index is 5.28. The first-order valence-corrected chi connectivity index (χ1v) is 6.03. The molecule has 2 aromatic rings. The Hall–Kier alpha value is -2.44. The quantitative estimate of drug-likeness (QED) is 0.765. The normalized spacial score (nSPS) is 9.37. The first-order valence-electron chi connectivity index (χ1n) is 6.03. The van der Waals surface area contributed by atoms with Crippen molar-refractivity contribution in [2.75, 3.05) is 14.2 Å². The van der Waals surface area contributed by atoms with Gasteiger partial charge in [-0.3, -0.25) is 0 Å². The Morgan fingerprint density at radius 3 is 1.58 bits per heavy atom. The molecule has 0 unspecified atom stereocenters. The standard InChI is InChI=1S/C17H16O2/c1-18-16-12-5-3-8-14(16)10-7-11-15-9-4-6-13-17(15)19-2/h3-6,8-13H,1-2H3. The van der Waals surface area contributed by atoms with E-state index < -0.39 is 0 Å². The molecule has 0 saturated heterocycles. The molecular weight excluding hydrogens is 236 g/mol. The first kappa shape index (κ1) is 13.0. The van der Waals surface area contributed by atoms with Gasteiger partial charge in [-0.1, -0.05) is 36.4 Å². The zero-order valence-electron chi connectivity index (χ0n) is 11.1. The molecule has 2 nitrogen and oxygen atoms in total. The van der Waals surface area contributed by atoms with Gasteiger partial charge in [-0.25, -0.2) is 0 Å². The summed E-state index contributed by atoms with van der Waals surface area (Å²) in [6.45, 7) is 0. The molecule has 96 valence electrons. The van der Waals surface area contributed by atoms with Gasteiger partial charge in [0.2, 0.25) is 0 Å². The fourth-order valence-corrected chi connectivity index (χ4v) is 1.79. The van der Waals surface area contributed by atoms with Crippen molar-refractivity contribution in [2.24, 2.45) is 0 Å². The molecule has 0 atom stereocenters. The van der Waals surface area contributed by atoms with Crippen LogP contribution in [0.2, 0.25) is 0 Å². The third-order valence-corrected chi connectivity index (χ3v) is 2.76. The SMILES string of the molecule is COc1ccccc1C=C=Cc1ccccc1OC. The second-order valence-corrected chi connectivity index (χ2v) is 3.94. The summed E-state index contributed by atoms with van der Waals surface area (Å²) < 4.78 is 10.6. The van der Waals surface area contributed by atoms with Gasteiger partial charge < -0.3 is 9.47 Å². The largest absolute Gasteiger partial charge is 0.496 e. The Labute approximate surface area is 113 Å². The topological polar surface area (TPSA) is 18.5 Å². The van der Waals surface area contributed by atoms with Gasteiger partial charge in [0, 0.05) is 11.1 Å². The molecule has 0 aliphatic rings. The molecule has 2 rings (SSSR count). The Morgan fingerprint density at radius 1 is 0.737 bits per heavy atom. The highest BCUT2D eigenvalue weighted by Gasteiger charge is 1.97. The molecule has 2 aromatic carbocycles. The maximum Gasteiger partial charge on any atom is 0.126 e. The van der Waals surface area contributed by atoms with Gasteiger partial charge in [0.15, 0.2) is 0 Å². The van der Waals surface area contributed by atoms with E-state index in [1.165, 1.54) is 0 Å². The van der Waals surface area contributed by atoms with Gasteiger partial charge in [-0.2, -0.15) is 0 Å². The van der Waals surface area contributed by atoms with Crippen molar-refractivity contribution in [1.82, 2.24) is 0 Å². The fourth-order valence-electron chi connectivity index (χ4n) is 1.79. The van der Waals surface area contributed by atoms with Crippen LogP contribution in [0.3, 0.4) is 0 Å². The molecule has 0 fully saturated rings. The highest BCUT2D eigenvalue weighted by Crippen LogP contribution is 2.20. The minimum atomic E-state index is 0.837. The van der Waals surface area contributed by atoms with Crippen molar-refractivity contribution in [3.05, 3.63) is 65.4 Å². The van der Waals surface area contributed by atoms with E-state index in [4.69, 9.17) is 9.47 Å². The molecule has 0 aliphatic carbocycles. The lowest BCUT2D eigenvalue weighted by Gasteiger charge is -2.03. The van der Waals surface area contributed by atoms with Crippen molar-refractivity contribution in [1.29, 1.82) is 0 Å². The summed E-state index contributed by atoms with van der Waals surface area (Å²) in [5.41, 5.74) is 5.15. The average Bonchev–Trinajstić information content (AvgIpc) is 2.48. The summed E-state index contributed by atoms with van der Waals surface area (Å²) in [5, 5.41) is 0. The minimum absolute atomic E-state index is 0.837. The Bertz CT molecular complexity index is 557. The van der Waals surface area contributed by atoms with Crippen LogP contribution in [0.5, 0.6) is 11.5 Å². The Morgan fingerprint density at radius 2 is 1.16 bits per heavy atom. The molecule has 0 radical (unpaired) electrons. The van der Waals surface area contributed by atoms with E-state index >= 15 is 0 Å². The smallest absolute Gasteiger partial charge is 0.126 e. The molecule has 0 spiro atoms. The van der Waals surface area contributed by atoms with Crippen LogP contribution in [0.15, 0.2) is 54.3 Å². The monoisotopic (exact) mass is 252 g/mol.